The molecule has 1 heterocycles. The van der Waals surface area contributed by atoms with Crippen LogP contribution in [0.3, 0.4) is 0 Å². The van der Waals surface area contributed by atoms with Gasteiger partial charge in [0.1, 0.15) is 5.75 Å². The van der Waals surface area contributed by atoms with E-state index < -0.39 is 12.0 Å². The summed E-state index contributed by atoms with van der Waals surface area (Å²) in [5, 5.41) is 0. The van der Waals surface area contributed by atoms with Crippen LogP contribution in [0, 0.1) is 0 Å². The van der Waals surface area contributed by atoms with Gasteiger partial charge in [-0.15, -0.1) is 0 Å². The second-order valence-electron chi connectivity index (χ2n) is 3.11. The number of carbonyl (C=O) groups excluding carboxylic acids is 1. The summed E-state index contributed by atoms with van der Waals surface area (Å²) < 4.78 is 5.35. The predicted octanol–water partition coefficient (Wildman–Crippen LogP) is 0.183. The third kappa shape index (κ3) is 3.21. The summed E-state index contributed by atoms with van der Waals surface area (Å²) in [6, 6.07) is 3.48. The Hall–Kier alpha value is -1.62. The summed E-state index contributed by atoms with van der Waals surface area (Å²) in [7, 11) is 0. The van der Waals surface area contributed by atoms with Crippen molar-refractivity contribution in [3.8, 4) is 5.75 Å². The molecule has 0 saturated carbocycles. The fourth-order valence-electron chi connectivity index (χ4n) is 1.11. The van der Waals surface area contributed by atoms with Crippen molar-refractivity contribution >= 4 is 5.91 Å². The van der Waals surface area contributed by atoms with Gasteiger partial charge in [-0.3, -0.25) is 9.78 Å². The summed E-state index contributed by atoms with van der Waals surface area (Å²) in [5.74, 6) is 0.0539. The topological polar surface area (TPSA) is 91.2 Å². The van der Waals surface area contributed by atoms with E-state index in [1.54, 1.807) is 12.1 Å². The molecule has 4 N–H and O–H groups in total. The Morgan fingerprint density at radius 3 is 2.73 bits per heavy atom. The van der Waals surface area contributed by atoms with Crippen LogP contribution in [0.25, 0.3) is 0 Å². The first-order chi connectivity index (χ1) is 7.17. The normalized spacial score (nSPS) is 12.1. The lowest BCUT2D eigenvalue weighted by atomic mass is 10.2. The number of amides is 1. The number of primary amides is 1. The Morgan fingerprint density at radius 2 is 2.33 bits per heavy atom. The Morgan fingerprint density at radius 1 is 1.60 bits per heavy atom. The smallest absolute Gasteiger partial charge is 0.258 e. The van der Waals surface area contributed by atoms with Crippen LogP contribution in [0.1, 0.15) is 19.0 Å². The lowest BCUT2D eigenvalue weighted by Crippen LogP contribution is -2.33. The second kappa shape index (κ2) is 5.31. The number of aromatic nitrogens is 1. The van der Waals surface area contributed by atoms with Crippen LogP contribution in [0.4, 0.5) is 0 Å². The minimum absolute atomic E-state index is 0.382. The molecule has 0 aliphatic heterocycles. The zero-order valence-corrected chi connectivity index (χ0v) is 8.64. The van der Waals surface area contributed by atoms with E-state index in [0.29, 0.717) is 18.7 Å². The highest BCUT2D eigenvalue weighted by molar-refractivity contribution is 5.79. The van der Waals surface area contributed by atoms with E-state index in [1.165, 1.54) is 6.20 Å². The van der Waals surface area contributed by atoms with E-state index in [9.17, 15) is 4.79 Å². The molecular weight excluding hydrogens is 194 g/mol. The van der Waals surface area contributed by atoms with Gasteiger partial charge in [-0.05, 0) is 18.6 Å². The van der Waals surface area contributed by atoms with Gasteiger partial charge in [0.15, 0.2) is 6.10 Å². The number of nitrogens with two attached hydrogens (primary N) is 2. The van der Waals surface area contributed by atoms with E-state index >= 15 is 0 Å². The maximum atomic E-state index is 10.9. The number of carbonyl (C=O) groups is 1. The van der Waals surface area contributed by atoms with Crippen molar-refractivity contribution in [2.75, 3.05) is 0 Å². The minimum Gasteiger partial charge on any atom is -0.479 e. The lowest BCUT2D eigenvalue weighted by molar-refractivity contribution is -0.124. The standard InChI is InChI=1S/C10H15N3O2/c1-2-9(10(12)14)15-8-4-3-7(5-11)13-6-8/h3-4,6,9H,2,5,11H2,1H3,(H2,12,14). The van der Waals surface area contributed by atoms with Crippen molar-refractivity contribution in [3.05, 3.63) is 24.0 Å². The van der Waals surface area contributed by atoms with E-state index in [2.05, 4.69) is 4.98 Å². The molecule has 0 spiro atoms. The van der Waals surface area contributed by atoms with E-state index in [1.807, 2.05) is 6.92 Å². The molecule has 0 aromatic carbocycles. The molecule has 0 aliphatic rings. The van der Waals surface area contributed by atoms with Gasteiger partial charge in [0.2, 0.25) is 0 Å². The SMILES string of the molecule is CCC(Oc1ccc(CN)nc1)C(N)=O. The molecule has 1 aromatic heterocycles. The first-order valence-electron chi connectivity index (χ1n) is 4.78. The molecule has 1 amide bonds. The first-order valence-corrected chi connectivity index (χ1v) is 4.78. The van der Waals surface area contributed by atoms with Gasteiger partial charge >= 0.3 is 0 Å². The molecule has 1 unspecified atom stereocenters. The van der Waals surface area contributed by atoms with E-state index in [4.69, 9.17) is 16.2 Å². The highest BCUT2D eigenvalue weighted by Crippen LogP contribution is 2.12. The summed E-state index contributed by atoms with van der Waals surface area (Å²) >= 11 is 0. The summed E-state index contributed by atoms with van der Waals surface area (Å²) in [6.07, 6.45) is 1.47. The van der Waals surface area contributed by atoms with Crippen molar-refractivity contribution in [2.45, 2.75) is 26.0 Å². The van der Waals surface area contributed by atoms with Gasteiger partial charge < -0.3 is 16.2 Å². The summed E-state index contributed by atoms with van der Waals surface area (Å²) in [6.45, 7) is 2.21. The summed E-state index contributed by atoms with van der Waals surface area (Å²) in [4.78, 5) is 15.0. The molecule has 0 aliphatic carbocycles. The Kier molecular flexibility index (Phi) is 4.05. The molecule has 0 fully saturated rings. The maximum Gasteiger partial charge on any atom is 0.258 e. The highest BCUT2D eigenvalue weighted by atomic mass is 16.5. The fraction of sp³-hybridized carbons (Fsp3) is 0.400. The average molecular weight is 209 g/mol. The molecule has 1 aromatic rings. The molecule has 1 atom stereocenters. The average Bonchev–Trinajstić information content (AvgIpc) is 2.26. The van der Waals surface area contributed by atoms with Crippen LogP contribution in [0.2, 0.25) is 0 Å². The van der Waals surface area contributed by atoms with E-state index in [0.717, 1.165) is 5.69 Å². The first kappa shape index (κ1) is 11.5. The molecular formula is C10H15N3O2. The molecule has 82 valence electrons. The Bertz CT molecular complexity index is 324. The van der Waals surface area contributed by atoms with Gasteiger partial charge in [0.05, 0.1) is 11.9 Å². The van der Waals surface area contributed by atoms with Crippen molar-refractivity contribution < 1.29 is 9.53 Å². The zero-order chi connectivity index (χ0) is 11.3. The van der Waals surface area contributed by atoms with Gasteiger partial charge in [-0.2, -0.15) is 0 Å². The molecule has 15 heavy (non-hydrogen) atoms. The van der Waals surface area contributed by atoms with Crippen LogP contribution < -0.4 is 16.2 Å². The number of ether oxygens (including phenoxy) is 1. The summed E-state index contributed by atoms with van der Waals surface area (Å²) in [5.41, 5.74) is 11.3. The van der Waals surface area contributed by atoms with Crippen LogP contribution in [0.5, 0.6) is 5.75 Å². The second-order valence-corrected chi connectivity index (χ2v) is 3.11. The maximum absolute atomic E-state index is 10.9. The molecule has 0 saturated heterocycles. The largest absolute Gasteiger partial charge is 0.479 e. The molecule has 5 nitrogen and oxygen atoms in total. The number of rotatable bonds is 5. The van der Waals surface area contributed by atoms with Crippen LogP contribution in [-0.4, -0.2) is 17.0 Å². The van der Waals surface area contributed by atoms with Crippen molar-refractivity contribution in [1.82, 2.24) is 4.98 Å². The van der Waals surface area contributed by atoms with E-state index in [-0.39, 0.29) is 0 Å². The minimum atomic E-state index is -0.601. The monoisotopic (exact) mass is 209 g/mol. The van der Waals surface area contributed by atoms with Crippen LogP contribution in [-0.2, 0) is 11.3 Å². The van der Waals surface area contributed by atoms with Gasteiger partial charge in [0, 0.05) is 6.54 Å². The predicted molar refractivity (Wildman–Crippen MR) is 56.0 cm³/mol. The molecule has 0 radical (unpaired) electrons. The van der Waals surface area contributed by atoms with Gasteiger partial charge in [-0.25, -0.2) is 0 Å². The van der Waals surface area contributed by atoms with Gasteiger partial charge in [0.25, 0.3) is 5.91 Å². The van der Waals surface area contributed by atoms with Crippen molar-refractivity contribution in [2.24, 2.45) is 11.5 Å². The molecule has 0 bridgehead atoms. The lowest BCUT2D eigenvalue weighted by Gasteiger charge is -2.13. The highest BCUT2D eigenvalue weighted by Gasteiger charge is 2.14. The quantitative estimate of drug-likeness (QED) is 0.723. The number of pyridine rings is 1. The Balaban J connectivity index is 2.67. The number of hydrogen-bond donors (Lipinski definition) is 2. The third-order valence-electron chi connectivity index (χ3n) is 1.97. The van der Waals surface area contributed by atoms with Crippen LogP contribution >= 0.6 is 0 Å². The van der Waals surface area contributed by atoms with Gasteiger partial charge in [-0.1, -0.05) is 6.92 Å². The number of hydrogen-bond acceptors (Lipinski definition) is 4. The Labute approximate surface area is 88.4 Å². The van der Waals surface area contributed by atoms with Crippen molar-refractivity contribution in [1.29, 1.82) is 0 Å². The third-order valence-corrected chi connectivity index (χ3v) is 1.97. The van der Waals surface area contributed by atoms with Crippen LogP contribution in [0.15, 0.2) is 18.3 Å². The fourth-order valence-corrected chi connectivity index (χ4v) is 1.11. The molecule has 1 rings (SSSR count). The zero-order valence-electron chi connectivity index (χ0n) is 8.64. The molecule has 5 heteroatoms. The van der Waals surface area contributed by atoms with Crippen molar-refractivity contribution in [3.63, 3.8) is 0 Å². The number of nitrogens with zero attached hydrogens (tertiary/aromatic N) is 1.